The third-order valence-electron chi connectivity index (χ3n) is 4.66. The number of nitrogens with one attached hydrogen (secondary N) is 1. The molecule has 0 saturated carbocycles. The Kier molecular flexibility index (Phi) is 5.57. The number of rotatable bonds is 4. The van der Waals surface area contributed by atoms with Crippen LogP contribution >= 0.6 is 23.2 Å². The highest BCUT2D eigenvalue weighted by Gasteiger charge is 2.20. The van der Waals surface area contributed by atoms with Gasteiger partial charge in [0.25, 0.3) is 5.91 Å². The van der Waals surface area contributed by atoms with E-state index >= 15 is 0 Å². The smallest absolute Gasteiger partial charge is 0.295 e. The molecule has 4 aromatic rings. The van der Waals surface area contributed by atoms with Crippen molar-refractivity contribution in [2.75, 3.05) is 5.32 Å². The summed E-state index contributed by atoms with van der Waals surface area (Å²) in [7, 11) is 0. The Bertz CT molecular complexity index is 1230. The van der Waals surface area contributed by atoms with Crippen molar-refractivity contribution < 1.29 is 4.79 Å². The summed E-state index contributed by atoms with van der Waals surface area (Å²) >= 11 is 12.3. The zero-order valence-electron chi connectivity index (χ0n) is 16.4. The third kappa shape index (κ3) is 4.08. The van der Waals surface area contributed by atoms with Crippen molar-refractivity contribution in [2.45, 2.75) is 13.8 Å². The van der Waals surface area contributed by atoms with Crippen molar-refractivity contribution in [3.8, 4) is 17.1 Å². The Morgan fingerprint density at radius 1 is 0.933 bits per heavy atom. The first-order valence-electron chi connectivity index (χ1n) is 9.29. The van der Waals surface area contributed by atoms with E-state index in [1.165, 1.54) is 0 Å². The minimum absolute atomic E-state index is 0.0555. The van der Waals surface area contributed by atoms with Gasteiger partial charge in [0, 0.05) is 11.3 Å². The third-order valence-corrected chi connectivity index (χ3v) is 5.40. The lowest BCUT2D eigenvalue weighted by atomic mass is 10.1. The van der Waals surface area contributed by atoms with Crippen LogP contribution in [-0.4, -0.2) is 20.7 Å². The van der Waals surface area contributed by atoms with E-state index in [0.29, 0.717) is 27.2 Å². The molecule has 0 saturated heterocycles. The van der Waals surface area contributed by atoms with E-state index in [4.69, 9.17) is 23.2 Å². The average Bonchev–Trinajstić information content (AvgIpc) is 3.18. The number of halogens is 2. The van der Waals surface area contributed by atoms with Crippen LogP contribution in [0.2, 0.25) is 10.0 Å². The average molecular weight is 437 g/mol. The monoisotopic (exact) mass is 436 g/mol. The van der Waals surface area contributed by atoms with Gasteiger partial charge in [-0.2, -0.15) is 0 Å². The zero-order chi connectivity index (χ0) is 21.3. The molecule has 1 aromatic heterocycles. The maximum atomic E-state index is 12.9. The molecule has 3 aromatic carbocycles. The lowest BCUT2D eigenvalue weighted by molar-refractivity contribution is 0.101. The number of carbonyl (C=O) groups is 1. The molecule has 0 spiro atoms. The van der Waals surface area contributed by atoms with Crippen molar-refractivity contribution in [1.29, 1.82) is 0 Å². The summed E-state index contributed by atoms with van der Waals surface area (Å²) in [6.07, 6.45) is 0. The molecule has 30 heavy (non-hydrogen) atoms. The van der Waals surface area contributed by atoms with E-state index in [2.05, 4.69) is 15.4 Å². The SMILES string of the molecule is Cc1ccc(-c2nc(C(=O)Nc3ccccc3C)nn2-c2ccc(Cl)c(Cl)c2)cc1. The van der Waals surface area contributed by atoms with Gasteiger partial charge < -0.3 is 5.32 Å². The molecule has 7 heteroatoms. The number of hydrogen-bond acceptors (Lipinski definition) is 3. The summed E-state index contributed by atoms with van der Waals surface area (Å²) in [6.45, 7) is 3.93. The van der Waals surface area contributed by atoms with Gasteiger partial charge >= 0.3 is 0 Å². The molecule has 0 bridgehead atoms. The number of anilines is 1. The van der Waals surface area contributed by atoms with Gasteiger partial charge in [-0.3, -0.25) is 4.79 Å². The van der Waals surface area contributed by atoms with Crippen LogP contribution in [0.15, 0.2) is 66.7 Å². The molecule has 150 valence electrons. The van der Waals surface area contributed by atoms with E-state index in [1.807, 2.05) is 62.4 Å². The van der Waals surface area contributed by atoms with Crippen LogP contribution in [0, 0.1) is 13.8 Å². The molecule has 0 aliphatic heterocycles. The topological polar surface area (TPSA) is 59.8 Å². The highest BCUT2D eigenvalue weighted by atomic mass is 35.5. The highest BCUT2D eigenvalue weighted by molar-refractivity contribution is 6.42. The van der Waals surface area contributed by atoms with Gasteiger partial charge in [-0.05, 0) is 43.7 Å². The zero-order valence-corrected chi connectivity index (χ0v) is 17.9. The first kappa shape index (κ1) is 20.1. The van der Waals surface area contributed by atoms with Gasteiger partial charge in [0.1, 0.15) is 0 Å². The molecule has 0 fully saturated rings. The van der Waals surface area contributed by atoms with Crippen LogP contribution in [0.1, 0.15) is 21.7 Å². The van der Waals surface area contributed by atoms with E-state index in [-0.39, 0.29) is 5.82 Å². The molecular formula is C23H18Cl2N4O. The van der Waals surface area contributed by atoms with Crippen LogP contribution < -0.4 is 5.32 Å². The minimum Gasteiger partial charge on any atom is -0.319 e. The minimum atomic E-state index is -0.392. The summed E-state index contributed by atoms with van der Waals surface area (Å²) in [6, 6.07) is 20.5. The van der Waals surface area contributed by atoms with Crippen LogP contribution in [-0.2, 0) is 0 Å². The predicted octanol–water partition coefficient (Wildman–Crippen LogP) is 6.11. The molecule has 0 unspecified atom stereocenters. The number of hydrogen-bond donors (Lipinski definition) is 1. The van der Waals surface area contributed by atoms with Gasteiger partial charge in [0.2, 0.25) is 5.82 Å². The molecule has 0 atom stereocenters. The molecule has 0 radical (unpaired) electrons. The molecule has 1 heterocycles. The Morgan fingerprint density at radius 3 is 2.37 bits per heavy atom. The Morgan fingerprint density at radius 2 is 1.67 bits per heavy atom. The lowest BCUT2D eigenvalue weighted by Gasteiger charge is -2.07. The second-order valence-corrected chi connectivity index (χ2v) is 7.72. The Balaban J connectivity index is 1.79. The summed E-state index contributed by atoms with van der Waals surface area (Å²) < 4.78 is 1.60. The van der Waals surface area contributed by atoms with E-state index < -0.39 is 5.91 Å². The van der Waals surface area contributed by atoms with Crippen molar-refractivity contribution in [1.82, 2.24) is 14.8 Å². The van der Waals surface area contributed by atoms with Crippen molar-refractivity contribution in [3.63, 3.8) is 0 Å². The standard InChI is InChI=1S/C23H18Cl2N4O/c1-14-7-9-16(10-8-14)22-27-21(23(30)26-20-6-4-3-5-15(20)2)28-29(22)17-11-12-18(24)19(25)13-17/h3-13H,1-2H3,(H,26,30). The normalized spacial score (nSPS) is 10.8. The van der Waals surface area contributed by atoms with Crippen molar-refractivity contribution in [3.05, 3.63) is 93.7 Å². The highest BCUT2D eigenvalue weighted by Crippen LogP contribution is 2.27. The van der Waals surface area contributed by atoms with Gasteiger partial charge in [0.15, 0.2) is 5.82 Å². The summed E-state index contributed by atoms with van der Waals surface area (Å²) in [5, 5.41) is 8.18. The van der Waals surface area contributed by atoms with Gasteiger partial charge in [-0.25, -0.2) is 9.67 Å². The molecule has 4 rings (SSSR count). The number of aromatic nitrogens is 3. The van der Waals surface area contributed by atoms with Crippen LogP contribution in [0.5, 0.6) is 0 Å². The fraction of sp³-hybridized carbons (Fsp3) is 0.0870. The molecule has 1 N–H and O–H groups in total. The Hall–Kier alpha value is -3.15. The van der Waals surface area contributed by atoms with Gasteiger partial charge in [-0.15, -0.1) is 5.10 Å². The number of aryl methyl sites for hydroxylation is 2. The summed E-state index contributed by atoms with van der Waals surface area (Å²) in [5.41, 5.74) is 4.27. The largest absolute Gasteiger partial charge is 0.319 e. The Labute approximate surface area is 184 Å². The first-order valence-corrected chi connectivity index (χ1v) is 10.0. The quantitative estimate of drug-likeness (QED) is 0.419. The lowest BCUT2D eigenvalue weighted by Crippen LogP contribution is -2.15. The summed E-state index contributed by atoms with van der Waals surface area (Å²) in [5.74, 6) is 0.194. The van der Waals surface area contributed by atoms with Crippen molar-refractivity contribution >= 4 is 34.8 Å². The van der Waals surface area contributed by atoms with Gasteiger partial charge in [-0.1, -0.05) is 71.2 Å². The predicted molar refractivity (Wildman–Crippen MR) is 121 cm³/mol. The van der Waals surface area contributed by atoms with E-state index in [1.54, 1.807) is 22.9 Å². The molecular weight excluding hydrogens is 419 g/mol. The molecule has 1 amide bonds. The number of amides is 1. The fourth-order valence-electron chi connectivity index (χ4n) is 2.99. The maximum absolute atomic E-state index is 12.9. The number of carbonyl (C=O) groups excluding carboxylic acids is 1. The van der Waals surface area contributed by atoms with E-state index in [0.717, 1.165) is 16.7 Å². The number of nitrogens with zero attached hydrogens (tertiary/aromatic N) is 3. The molecule has 0 aliphatic carbocycles. The van der Waals surface area contributed by atoms with Crippen LogP contribution in [0.25, 0.3) is 17.1 Å². The number of para-hydroxylation sites is 1. The van der Waals surface area contributed by atoms with Crippen LogP contribution in [0.3, 0.4) is 0 Å². The first-order chi connectivity index (χ1) is 14.4. The van der Waals surface area contributed by atoms with Gasteiger partial charge in [0.05, 0.1) is 15.7 Å². The summed E-state index contributed by atoms with van der Waals surface area (Å²) in [4.78, 5) is 17.4. The van der Waals surface area contributed by atoms with Crippen molar-refractivity contribution in [2.24, 2.45) is 0 Å². The van der Waals surface area contributed by atoms with Crippen LogP contribution in [0.4, 0.5) is 5.69 Å². The second-order valence-electron chi connectivity index (χ2n) is 6.90. The fourth-order valence-corrected chi connectivity index (χ4v) is 3.28. The number of benzene rings is 3. The van der Waals surface area contributed by atoms with E-state index in [9.17, 15) is 4.79 Å². The molecule has 5 nitrogen and oxygen atoms in total. The molecule has 0 aliphatic rings. The maximum Gasteiger partial charge on any atom is 0.295 e. The second kappa shape index (κ2) is 8.30.